The molecule has 0 aliphatic rings. The van der Waals surface area contributed by atoms with E-state index < -0.39 is 12.0 Å². The number of hydrogen-bond acceptors (Lipinski definition) is 6. The maximum atomic E-state index is 10.5. The molecule has 11 heavy (non-hydrogen) atoms. The summed E-state index contributed by atoms with van der Waals surface area (Å²) in [6, 6.07) is -0.858. The molecule has 0 saturated heterocycles. The molecule has 0 amide bonds. The van der Waals surface area contributed by atoms with Crippen LogP contribution in [0.1, 0.15) is 0 Å². The summed E-state index contributed by atoms with van der Waals surface area (Å²) in [5.74, 6) is -0.678. The van der Waals surface area contributed by atoms with Gasteiger partial charge in [0.2, 0.25) is 0 Å². The van der Waals surface area contributed by atoms with E-state index in [1.807, 2.05) is 0 Å². The Morgan fingerprint density at radius 3 is 2.64 bits per heavy atom. The van der Waals surface area contributed by atoms with Gasteiger partial charge in [-0.25, -0.2) is 9.68 Å². The number of thiol groups is 1. The summed E-state index contributed by atoms with van der Waals surface area (Å²) in [6.45, 7) is -0.0108. The Hall–Kier alpha value is -0.460. The molecular formula is C4H8ClNO4S. The van der Waals surface area contributed by atoms with E-state index in [0.717, 1.165) is 0 Å². The smallest absolute Gasteiger partial charge is 0.318 e. The SMILES string of the molecule is Cl.NC(CS)C(=O)OOC=O. The Balaban J connectivity index is 0. The van der Waals surface area contributed by atoms with Crippen molar-refractivity contribution >= 4 is 37.5 Å². The van der Waals surface area contributed by atoms with Crippen LogP contribution in [-0.2, 0) is 19.4 Å². The van der Waals surface area contributed by atoms with Gasteiger partial charge in [-0.1, -0.05) is 0 Å². The van der Waals surface area contributed by atoms with Crippen molar-refractivity contribution in [2.45, 2.75) is 6.04 Å². The molecule has 0 aliphatic carbocycles. The van der Waals surface area contributed by atoms with Crippen molar-refractivity contribution < 1.29 is 19.4 Å². The molecule has 0 fully saturated rings. The van der Waals surface area contributed by atoms with Crippen LogP contribution in [-0.4, -0.2) is 24.2 Å². The number of hydrogen-bond donors (Lipinski definition) is 2. The average molecular weight is 202 g/mol. The van der Waals surface area contributed by atoms with Gasteiger partial charge in [-0.05, 0) is 0 Å². The highest BCUT2D eigenvalue weighted by Crippen LogP contribution is 1.87. The Kier molecular flexibility index (Phi) is 9.14. The van der Waals surface area contributed by atoms with E-state index in [1.165, 1.54) is 0 Å². The van der Waals surface area contributed by atoms with E-state index in [4.69, 9.17) is 5.73 Å². The molecule has 0 aromatic heterocycles. The molecule has 0 bridgehead atoms. The third-order valence-electron chi connectivity index (χ3n) is 0.669. The molecule has 0 spiro atoms. The quantitative estimate of drug-likeness (QED) is 0.272. The van der Waals surface area contributed by atoms with Gasteiger partial charge >= 0.3 is 12.4 Å². The van der Waals surface area contributed by atoms with Crippen LogP contribution in [0.4, 0.5) is 0 Å². The average Bonchev–Trinajstić information content (AvgIpc) is 1.98. The first-order chi connectivity index (χ1) is 4.72. The standard InChI is InChI=1S/C4H7NO4S.ClH/c5-3(1-10)4(7)9-8-2-6;/h2-3,10H,1,5H2;1H. The summed E-state index contributed by atoms with van der Waals surface area (Å²) in [5, 5.41) is 0. The Morgan fingerprint density at radius 1 is 1.73 bits per heavy atom. The third kappa shape index (κ3) is 5.96. The van der Waals surface area contributed by atoms with Gasteiger partial charge < -0.3 is 5.73 Å². The minimum atomic E-state index is -0.858. The van der Waals surface area contributed by atoms with Gasteiger partial charge in [0.05, 0.1) is 0 Å². The minimum absolute atomic E-state index is 0. The molecule has 0 rings (SSSR count). The fraction of sp³-hybridized carbons (Fsp3) is 0.500. The highest BCUT2D eigenvalue weighted by Gasteiger charge is 2.13. The molecule has 0 aromatic rings. The summed E-state index contributed by atoms with van der Waals surface area (Å²) < 4.78 is 0. The monoisotopic (exact) mass is 201 g/mol. The zero-order valence-corrected chi connectivity index (χ0v) is 7.14. The molecular weight excluding hydrogens is 194 g/mol. The van der Waals surface area contributed by atoms with E-state index in [2.05, 4.69) is 22.4 Å². The second-order valence-corrected chi connectivity index (χ2v) is 1.75. The van der Waals surface area contributed by atoms with Crippen molar-refractivity contribution in [2.75, 3.05) is 5.75 Å². The Labute approximate surface area is 75.0 Å². The van der Waals surface area contributed by atoms with Crippen molar-refractivity contribution in [3.63, 3.8) is 0 Å². The molecule has 66 valence electrons. The lowest BCUT2D eigenvalue weighted by Gasteiger charge is -2.02. The number of rotatable bonds is 4. The molecule has 0 aliphatic heterocycles. The van der Waals surface area contributed by atoms with Crippen molar-refractivity contribution in [1.29, 1.82) is 0 Å². The molecule has 1 atom stereocenters. The van der Waals surface area contributed by atoms with Crippen molar-refractivity contribution in [3.8, 4) is 0 Å². The Morgan fingerprint density at radius 2 is 2.27 bits per heavy atom. The van der Waals surface area contributed by atoms with Gasteiger partial charge in [0.15, 0.2) is 0 Å². The van der Waals surface area contributed by atoms with E-state index in [0.29, 0.717) is 0 Å². The van der Waals surface area contributed by atoms with Crippen LogP contribution in [0.15, 0.2) is 0 Å². The second kappa shape index (κ2) is 7.64. The Bertz CT molecular complexity index is 133. The van der Waals surface area contributed by atoms with Crippen molar-refractivity contribution in [2.24, 2.45) is 5.73 Å². The normalized spacial score (nSPS) is 10.7. The number of carbonyl (C=O) groups is 2. The highest BCUT2D eigenvalue weighted by atomic mass is 35.5. The van der Waals surface area contributed by atoms with Gasteiger partial charge in [0, 0.05) is 5.75 Å². The predicted octanol–water partition coefficient (Wildman–Crippen LogP) is -0.704. The summed E-state index contributed by atoms with van der Waals surface area (Å²) >= 11 is 3.71. The molecule has 0 heterocycles. The van der Waals surface area contributed by atoms with Crippen LogP contribution in [0.5, 0.6) is 0 Å². The lowest BCUT2D eigenvalue weighted by Crippen LogP contribution is -2.33. The molecule has 7 heteroatoms. The third-order valence-corrected chi connectivity index (χ3v) is 1.06. The first kappa shape index (κ1) is 13.2. The second-order valence-electron chi connectivity index (χ2n) is 1.38. The van der Waals surface area contributed by atoms with E-state index in [1.54, 1.807) is 0 Å². The van der Waals surface area contributed by atoms with Crippen LogP contribution in [0, 0.1) is 0 Å². The summed E-state index contributed by atoms with van der Waals surface area (Å²) in [7, 11) is 0. The number of nitrogens with two attached hydrogens (primary N) is 1. The van der Waals surface area contributed by atoms with Crippen LogP contribution in [0.2, 0.25) is 0 Å². The van der Waals surface area contributed by atoms with Crippen molar-refractivity contribution in [3.05, 3.63) is 0 Å². The summed E-state index contributed by atoms with van der Waals surface area (Å²) in [5.41, 5.74) is 5.11. The largest absolute Gasteiger partial charge is 0.372 e. The van der Waals surface area contributed by atoms with E-state index in [-0.39, 0.29) is 24.6 Å². The molecule has 0 saturated carbocycles. The van der Waals surface area contributed by atoms with Crippen LogP contribution < -0.4 is 5.73 Å². The fourth-order valence-corrected chi connectivity index (χ4v) is 0.352. The topological polar surface area (TPSA) is 78.6 Å². The van der Waals surface area contributed by atoms with Gasteiger partial charge in [0.25, 0.3) is 0 Å². The van der Waals surface area contributed by atoms with Gasteiger partial charge in [-0.3, -0.25) is 9.68 Å². The van der Waals surface area contributed by atoms with Crippen LogP contribution in [0.25, 0.3) is 0 Å². The first-order valence-electron chi connectivity index (χ1n) is 2.39. The lowest BCUT2D eigenvalue weighted by atomic mass is 10.4. The summed E-state index contributed by atoms with van der Waals surface area (Å²) in [6.07, 6.45) is 0. The predicted molar refractivity (Wildman–Crippen MR) is 42.3 cm³/mol. The highest BCUT2D eigenvalue weighted by molar-refractivity contribution is 7.80. The molecule has 0 radical (unpaired) electrons. The molecule has 5 nitrogen and oxygen atoms in total. The zero-order chi connectivity index (χ0) is 7.98. The fourth-order valence-electron chi connectivity index (χ4n) is 0.203. The number of carbonyl (C=O) groups excluding carboxylic acids is 2. The van der Waals surface area contributed by atoms with Crippen LogP contribution >= 0.6 is 25.0 Å². The maximum Gasteiger partial charge on any atom is 0.372 e. The number of halogens is 1. The maximum absolute atomic E-state index is 10.5. The lowest BCUT2D eigenvalue weighted by molar-refractivity contribution is -0.248. The van der Waals surface area contributed by atoms with E-state index >= 15 is 0 Å². The van der Waals surface area contributed by atoms with Gasteiger partial charge in [-0.15, -0.1) is 12.4 Å². The van der Waals surface area contributed by atoms with Crippen LogP contribution in [0.3, 0.4) is 0 Å². The van der Waals surface area contributed by atoms with Crippen molar-refractivity contribution in [1.82, 2.24) is 0 Å². The molecule has 2 N–H and O–H groups in total. The molecule has 0 aromatic carbocycles. The molecule has 1 unspecified atom stereocenters. The summed E-state index contributed by atoms with van der Waals surface area (Å²) in [4.78, 5) is 27.5. The van der Waals surface area contributed by atoms with Gasteiger partial charge in [-0.2, -0.15) is 12.6 Å². The van der Waals surface area contributed by atoms with E-state index in [9.17, 15) is 9.59 Å². The zero-order valence-electron chi connectivity index (χ0n) is 5.43. The first-order valence-corrected chi connectivity index (χ1v) is 3.03. The minimum Gasteiger partial charge on any atom is -0.318 e. The van der Waals surface area contributed by atoms with Gasteiger partial charge in [0.1, 0.15) is 6.04 Å².